The van der Waals surface area contributed by atoms with E-state index >= 15 is 0 Å². The number of carbonyl (C=O) groups is 1. The molecule has 0 spiro atoms. The van der Waals surface area contributed by atoms with E-state index in [1.807, 2.05) is 35.0 Å². The Morgan fingerprint density at radius 1 is 1.19 bits per heavy atom. The van der Waals surface area contributed by atoms with Gasteiger partial charge in [-0.25, -0.2) is 9.37 Å². The predicted molar refractivity (Wildman–Crippen MR) is 103 cm³/mol. The molecule has 0 bridgehead atoms. The summed E-state index contributed by atoms with van der Waals surface area (Å²) in [5, 5.41) is 2.79. The Morgan fingerprint density at radius 2 is 1.96 bits per heavy atom. The molecule has 1 aromatic heterocycles. The maximum absolute atomic E-state index is 13.6. The van der Waals surface area contributed by atoms with Gasteiger partial charge in [-0.1, -0.05) is 40.2 Å². The fourth-order valence-electron chi connectivity index (χ4n) is 2.41. The minimum absolute atomic E-state index is 0.271. The number of carbonyl (C=O) groups excluding carboxylic acids is 1. The Labute approximate surface area is 159 Å². The zero-order chi connectivity index (χ0) is 18.4. The predicted octanol–water partition coefficient (Wildman–Crippen LogP) is 4.16. The Kier molecular flexibility index (Phi) is 5.96. The molecule has 0 saturated heterocycles. The highest BCUT2D eigenvalue weighted by atomic mass is 79.9. The fourth-order valence-corrected chi connectivity index (χ4v) is 2.79. The van der Waals surface area contributed by atoms with Crippen LogP contribution in [0, 0.1) is 5.82 Å². The smallest absolute Gasteiger partial charge is 0.244 e. The van der Waals surface area contributed by atoms with Crippen molar-refractivity contribution in [1.29, 1.82) is 0 Å². The fraction of sp³-hybridized carbons (Fsp3) is 0.100. The monoisotopic (exact) mass is 413 g/mol. The van der Waals surface area contributed by atoms with Gasteiger partial charge in [0.15, 0.2) is 0 Å². The van der Waals surface area contributed by atoms with E-state index < -0.39 is 0 Å². The Hall–Kier alpha value is -2.73. The maximum atomic E-state index is 13.6. The van der Waals surface area contributed by atoms with E-state index in [9.17, 15) is 9.18 Å². The number of hydrogen-bond acceptors (Lipinski definition) is 2. The highest BCUT2D eigenvalue weighted by molar-refractivity contribution is 9.10. The van der Waals surface area contributed by atoms with Gasteiger partial charge >= 0.3 is 0 Å². The zero-order valence-electron chi connectivity index (χ0n) is 13.9. The molecule has 0 atom stereocenters. The van der Waals surface area contributed by atoms with Crippen LogP contribution in [0.5, 0.6) is 0 Å². The number of rotatable bonds is 6. The lowest BCUT2D eigenvalue weighted by molar-refractivity contribution is -0.116. The SMILES string of the molecule is O=C(/C=C/c1cc(Br)ccc1F)NCc1ccc(Cn2ccnc2)cc1. The molecule has 0 aliphatic rings. The van der Waals surface area contributed by atoms with E-state index in [2.05, 4.69) is 26.2 Å². The normalized spacial score (nSPS) is 11.0. The van der Waals surface area contributed by atoms with E-state index in [1.165, 1.54) is 18.2 Å². The second kappa shape index (κ2) is 8.58. The van der Waals surface area contributed by atoms with Crippen LogP contribution in [0.15, 0.2) is 71.7 Å². The topological polar surface area (TPSA) is 46.9 Å². The number of imidazole rings is 1. The second-order valence-corrected chi connectivity index (χ2v) is 6.68. The van der Waals surface area contributed by atoms with E-state index in [-0.39, 0.29) is 11.7 Å². The van der Waals surface area contributed by atoms with E-state index in [0.29, 0.717) is 12.1 Å². The minimum atomic E-state index is -0.370. The molecule has 1 amide bonds. The standard InChI is InChI=1S/C20H17BrFN3O/c21-18-6-7-19(22)17(11-18)5-8-20(26)24-12-15-1-3-16(4-2-15)13-25-10-9-23-14-25/h1-11,14H,12-13H2,(H,24,26)/b8-5+. The number of nitrogens with zero attached hydrogens (tertiary/aromatic N) is 2. The molecule has 132 valence electrons. The third-order valence-corrected chi connectivity index (χ3v) is 4.28. The van der Waals surface area contributed by atoms with Gasteiger partial charge in [0, 0.05) is 41.6 Å². The van der Waals surface area contributed by atoms with E-state index in [1.54, 1.807) is 24.7 Å². The van der Waals surface area contributed by atoms with Crippen LogP contribution in [-0.2, 0) is 17.9 Å². The second-order valence-electron chi connectivity index (χ2n) is 5.77. The molecule has 0 fully saturated rings. The highest BCUT2D eigenvalue weighted by Crippen LogP contribution is 2.16. The van der Waals surface area contributed by atoms with Crippen molar-refractivity contribution < 1.29 is 9.18 Å². The Morgan fingerprint density at radius 3 is 2.69 bits per heavy atom. The van der Waals surface area contributed by atoms with Crippen LogP contribution in [-0.4, -0.2) is 15.5 Å². The molecular formula is C20H17BrFN3O. The number of amides is 1. The molecule has 26 heavy (non-hydrogen) atoms. The summed E-state index contributed by atoms with van der Waals surface area (Å²) in [6.45, 7) is 1.17. The molecule has 3 aromatic rings. The molecule has 3 rings (SSSR count). The molecule has 2 aromatic carbocycles. The van der Waals surface area contributed by atoms with Crippen LogP contribution in [0.2, 0.25) is 0 Å². The van der Waals surface area contributed by atoms with Crippen LogP contribution in [0.4, 0.5) is 4.39 Å². The zero-order valence-corrected chi connectivity index (χ0v) is 15.5. The van der Waals surface area contributed by atoms with E-state index in [0.717, 1.165) is 22.1 Å². The molecule has 1 N–H and O–H groups in total. The minimum Gasteiger partial charge on any atom is -0.348 e. The average Bonchev–Trinajstić information content (AvgIpc) is 3.15. The molecule has 0 aliphatic heterocycles. The summed E-state index contributed by atoms with van der Waals surface area (Å²) >= 11 is 3.28. The summed E-state index contributed by atoms with van der Waals surface area (Å²) in [5.74, 6) is -0.641. The van der Waals surface area contributed by atoms with Gasteiger partial charge in [-0.2, -0.15) is 0 Å². The largest absolute Gasteiger partial charge is 0.348 e. The molecule has 6 heteroatoms. The van der Waals surface area contributed by atoms with Gasteiger partial charge in [0.1, 0.15) is 5.82 Å². The van der Waals surface area contributed by atoms with Crippen molar-refractivity contribution in [1.82, 2.24) is 14.9 Å². The summed E-state index contributed by atoms with van der Waals surface area (Å²) in [7, 11) is 0. The summed E-state index contributed by atoms with van der Waals surface area (Å²) in [4.78, 5) is 15.9. The molecular weight excluding hydrogens is 397 g/mol. The van der Waals surface area contributed by atoms with Crippen molar-refractivity contribution >= 4 is 27.9 Å². The first-order chi connectivity index (χ1) is 12.6. The lowest BCUT2D eigenvalue weighted by Crippen LogP contribution is -2.20. The van der Waals surface area contributed by atoms with Crippen molar-refractivity contribution in [2.75, 3.05) is 0 Å². The van der Waals surface area contributed by atoms with Crippen LogP contribution < -0.4 is 5.32 Å². The van der Waals surface area contributed by atoms with Crippen LogP contribution in [0.3, 0.4) is 0 Å². The van der Waals surface area contributed by atoms with Gasteiger partial charge in [0.05, 0.1) is 6.33 Å². The van der Waals surface area contributed by atoms with Crippen molar-refractivity contribution in [3.8, 4) is 0 Å². The quantitative estimate of drug-likeness (QED) is 0.616. The van der Waals surface area contributed by atoms with Gasteiger partial charge in [-0.05, 0) is 35.4 Å². The first-order valence-electron chi connectivity index (χ1n) is 8.05. The maximum Gasteiger partial charge on any atom is 0.244 e. The molecule has 0 saturated carbocycles. The summed E-state index contributed by atoms with van der Waals surface area (Å²) in [6, 6.07) is 12.6. The molecule has 0 unspecified atom stereocenters. The lowest BCUT2D eigenvalue weighted by atomic mass is 10.1. The number of hydrogen-bond donors (Lipinski definition) is 1. The van der Waals surface area contributed by atoms with Crippen molar-refractivity contribution in [2.24, 2.45) is 0 Å². The number of halogens is 2. The van der Waals surface area contributed by atoms with E-state index in [4.69, 9.17) is 0 Å². The van der Waals surface area contributed by atoms with Crippen LogP contribution >= 0.6 is 15.9 Å². The first kappa shape index (κ1) is 18.1. The number of nitrogens with one attached hydrogen (secondary N) is 1. The van der Waals surface area contributed by atoms with Gasteiger partial charge in [-0.15, -0.1) is 0 Å². The summed E-state index contributed by atoms with van der Waals surface area (Å²) in [5.41, 5.74) is 2.51. The molecule has 0 radical (unpaired) electrons. The van der Waals surface area contributed by atoms with Crippen LogP contribution in [0.25, 0.3) is 6.08 Å². The third-order valence-electron chi connectivity index (χ3n) is 3.79. The third kappa shape index (κ3) is 5.13. The lowest BCUT2D eigenvalue weighted by Gasteiger charge is -2.06. The van der Waals surface area contributed by atoms with Crippen molar-refractivity contribution in [3.63, 3.8) is 0 Å². The Balaban J connectivity index is 1.52. The van der Waals surface area contributed by atoms with Gasteiger partial charge in [0.25, 0.3) is 0 Å². The van der Waals surface area contributed by atoms with Gasteiger partial charge in [-0.3, -0.25) is 4.79 Å². The average molecular weight is 414 g/mol. The number of benzene rings is 2. The van der Waals surface area contributed by atoms with Crippen molar-refractivity contribution in [3.05, 3.63) is 94.2 Å². The van der Waals surface area contributed by atoms with Gasteiger partial charge < -0.3 is 9.88 Å². The molecule has 4 nitrogen and oxygen atoms in total. The first-order valence-corrected chi connectivity index (χ1v) is 8.84. The summed E-state index contributed by atoms with van der Waals surface area (Å²) in [6.07, 6.45) is 8.22. The van der Waals surface area contributed by atoms with Crippen LogP contribution in [0.1, 0.15) is 16.7 Å². The highest BCUT2D eigenvalue weighted by Gasteiger charge is 2.02. The summed E-state index contributed by atoms with van der Waals surface area (Å²) < 4.78 is 16.4. The van der Waals surface area contributed by atoms with Crippen molar-refractivity contribution in [2.45, 2.75) is 13.1 Å². The Bertz CT molecular complexity index is 905. The van der Waals surface area contributed by atoms with Gasteiger partial charge in [0.2, 0.25) is 5.91 Å². The molecule has 0 aliphatic carbocycles. The number of aromatic nitrogens is 2. The molecule has 1 heterocycles.